The zero-order chi connectivity index (χ0) is 22.1. The van der Waals surface area contributed by atoms with Crippen molar-refractivity contribution in [2.75, 3.05) is 24.3 Å². The summed E-state index contributed by atoms with van der Waals surface area (Å²) in [4.78, 5) is 31.3. The van der Waals surface area contributed by atoms with Gasteiger partial charge in [0.25, 0.3) is 0 Å². The Labute approximate surface area is 182 Å². The van der Waals surface area contributed by atoms with Crippen LogP contribution in [0.1, 0.15) is 11.1 Å². The summed E-state index contributed by atoms with van der Waals surface area (Å²) in [6, 6.07) is 19.8. The van der Waals surface area contributed by atoms with Crippen LogP contribution in [-0.2, 0) is 17.8 Å². The molecule has 7 nitrogen and oxygen atoms in total. The van der Waals surface area contributed by atoms with Crippen molar-refractivity contribution in [3.8, 4) is 0 Å². The quantitative estimate of drug-likeness (QED) is 0.525. The van der Waals surface area contributed by atoms with E-state index in [0.717, 1.165) is 16.8 Å². The number of nitrogens with one attached hydrogen (secondary N) is 3. The first kappa shape index (κ1) is 21.8. The van der Waals surface area contributed by atoms with Crippen LogP contribution in [0.3, 0.4) is 0 Å². The molecule has 7 heteroatoms. The molecule has 0 spiro atoms. The highest BCUT2D eigenvalue weighted by Crippen LogP contribution is 2.12. The lowest BCUT2D eigenvalue weighted by Crippen LogP contribution is -2.49. The summed E-state index contributed by atoms with van der Waals surface area (Å²) in [6.07, 6.45) is 3.58. The van der Waals surface area contributed by atoms with Crippen molar-refractivity contribution in [3.05, 3.63) is 90.3 Å². The van der Waals surface area contributed by atoms with E-state index < -0.39 is 12.1 Å². The molecule has 160 valence electrons. The van der Waals surface area contributed by atoms with E-state index in [1.165, 1.54) is 0 Å². The zero-order valence-corrected chi connectivity index (χ0v) is 17.7. The molecule has 1 atom stereocenters. The van der Waals surface area contributed by atoms with Crippen LogP contribution >= 0.6 is 0 Å². The molecule has 0 radical (unpaired) electrons. The average Bonchev–Trinajstić information content (AvgIpc) is 2.79. The molecule has 31 heavy (non-hydrogen) atoms. The van der Waals surface area contributed by atoms with Gasteiger partial charge in [0.15, 0.2) is 0 Å². The second kappa shape index (κ2) is 10.8. The molecule has 3 amide bonds. The Bertz CT molecular complexity index is 976. The van der Waals surface area contributed by atoms with Crippen molar-refractivity contribution >= 4 is 23.3 Å². The van der Waals surface area contributed by atoms with Crippen molar-refractivity contribution in [2.45, 2.75) is 19.0 Å². The van der Waals surface area contributed by atoms with Crippen LogP contribution in [0.15, 0.2) is 79.1 Å². The molecule has 3 aromatic rings. The first-order chi connectivity index (χ1) is 15.0. The number of hydrogen-bond acceptors (Lipinski definition) is 4. The lowest BCUT2D eigenvalue weighted by molar-refractivity contribution is -0.117. The van der Waals surface area contributed by atoms with E-state index in [0.29, 0.717) is 18.7 Å². The summed E-state index contributed by atoms with van der Waals surface area (Å²) in [5.41, 5.74) is 3.64. The van der Waals surface area contributed by atoms with Crippen LogP contribution in [0.2, 0.25) is 0 Å². The van der Waals surface area contributed by atoms with Crippen molar-refractivity contribution in [1.82, 2.24) is 15.6 Å². The minimum Gasteiger partial charge on any atom is -0.378 e. The SMILES string of the molecule is CN(C)c1ccc(CNC(=O)NC(Cc2ccccc2)C(=O)Nc2ccncc2)cc1. The molecular weight excluding hydrogens is 390 g/mol. The molecule has 1 aromatic heterocycles. The van der Waals surface area contributed by atoms with Gasteiger partial charge in [0.2, 0.25) is 5.91 Å². The highest BCUT2D eigenvalue weighted by molar-refractivity contribution is 5.97. The molecule has 3 rings (SSSR count). The maximum absolute atomic E-state index is 12.8. The summed E-state index contributed by atoms with van der Waals surface area (Å²) in [5, 5.41) is 8.46. The van der Waals surface area contributed by atoms with Gasteiger partial charge in [-0.3, -0.25) is 9.78 Å². The van der Waals surface area contributed by atoms with E-state index in [1.807, 2.05) is 73.6 Å². The Morgan fingerprint density at radius 2 is 1.58 bits per heavy atom. The highest BCUT2D eigenvalue weighted by Gasteiger charge is 2.21. The largest absolute Gasteiger partial charge is 0.378 e. The molecule has 0 fully saturated rings. The van der Waals surface area contributed by atoms with Crippen molar-refractivity contribution < 1.29 is 9.59 Å². The first-order valence-corrected chi connectivity index (χ1v) is 10.1. The Morgan fingerprint density at radius 3 is 2.23 bits per heavy atom. The van der Waals surface area contributed by atoms with Crippen molar-refractivity contribution in [1.29, 1.82) is 0 Å². The van der Waals surface area contributed by atoms with E-state index in [1.54, 1.807) is 24.5 Å². The lowest BCUT2D eigenvalue weighted by Gasteiger charge is -2.19. The van der Waals surface area contributed by atoms with E-state index >= 15 is 0 Å². The molecule has 0 aliphatic heterocycles. The number of aromatic nitrogens is 1. The van der Waals surface area contributed by atoms with Gasteiger partial charge < -0.3 is 20.9 Å². The van der Waals surface area contributed by atoms with Crippen LogP contribution < -0.4 is 20.9 Å². The molecular formula is C24H27N5O2. The van der Waals surface area contributed by atoms with Crippen molar-refractivity contribution in [3.63, 3.8) is 0 Å². The van der Waals surface area contributed by atoms with Gasteiger partial charge in [0.05, 0.1) is 0 Å². The summed E-state index contributed by atoms with van der Waals surface area (Å²) in [5.74, 6) is -0.291. The third-order valence-corrected chi connectivity index (χ3v) is 4.76. The normalized spacial score (nSPS) is 11.3. The molecule has 1 heterocycles. The van der Waals surface area contributed by atoms with Gasteiger partial charge in [-0.05, 0) is 35.4 Å². The topological polar surface area (TPSA) is 86.4 Å². The third kappa shape index (κ3) is 6.85. The minimum absolute atomic E-state index is 0.291. The fourth-order valence-electron chi connectivity index (χ4n) is 3.03. The lowest BCUT2D eigenvalue weighted by atomic mass is 10.1. The third-order valence-electron chi connectivity index (χ3n) is 4.76. The predicted molar refractivity (Wildman–Crippen MR) is 123 cm³/mol. The number of hydrogen-bond donors (Lipinski definition) is 3. The molecule has 3 N–H and O–H groups in total. The number of nitrogens with zero attached hydrogens (tertiary/aromatic N) is 2. The van der Waals surface area contributed by atoms with E-state index in [4.69, 9.17) is 0 Å². The monoisotopic (exact) mass is 417 g/mol. The maximum atomic E-state index is 12.8. The Hall–Kier alpha value is -3.87. The van der Waals surface area contributed by atoms with E-state index in [9.17, 15) is 9.59 Å². The number of rotatable bonds is 8. The number of carbonyl (C=O) groups is 2. The Morgan fingerprint density at radius 1 is 0.903 bits per heavy atom. The first-order valence-electron chi connectivity index (χ1n) is 10.1. The van der Waals surface area contributed by atoms with E-state index in [2.05, 4.69) is 20.9 Å². The predicted octanol–water partition coefficient (Wildman–Crippen LogP) is 3.20. The number of anilines is 2. The fourth-order valence-corrected chi connectivity index (χ4v) is 3.03. The average molecular weight is 418 g/mol. The fraction of sp³-hybridized carbons (Fsp3) is 0.208. The smallest absolute Gasteiger partial charge is 0.315 e. The standard InChI is InChI=1S/C24H27N5O2/c1-29(2)21-10-8-19(9-11-21)17-26-24(31)28-22(16-18-6-4-3-5-7-18)23(30)27-20-12-14-25-15-13-20/h3-15,22H,16-17H2,1-2H3,(H,25,27,30)(H2,26,28,31). The Kier molecular flexibility index (Phi) is 7.59. The molecule has 1 unspecified atom stereocenters. The number of amides is 3. The van der Waals surface area contributed by atoms with Gasteiger partial charge in [-0.15, -0.1) is 0 Å². The van der Waals surface area contributed by atoms with Crippen LogP contribution in [0.5, 0.6) is 0 Å². The molecule has 0 aliphatic carbocycles. The van der Waals surface area contributed by atoms with Crippen molar-refractivity contribution in [2.24, 2.45) is 0 Å². The molecule has 2 aromatic carbocycles. The highest BCUT2D eigenvalue weighted by atomic mass is 16.2. The second-order valence-electron chi connectivity index (χ2n) is 7.36. The summed E-state index contributed by atoms with van der Waals surface area (Å²) >= 11 is 0. The molecule has 0 bridgehead atoms. The van der Waals surface area contributed by atoms with Crippen LogP contribution in [0, 0.1) is 0 Å². The van der Waals surface area contributed by atoms with Gasteiger partial charge in [-0.1, -0.05) is 42.5 Å². The molecule has 0 aliphatic rings. The number of pyridine rings is 1. The maximum Gasteiger partial charge on any atom is 0.315 e. The second-order valence-corrected chi connectivity index (χ2v) is 7.36. The van der Waals surface area contributed by atoms with Crippen LogP contribution in [-0.4, -0.2) is 37.1 Å². The van der Waals surface area contributed by atoms with Gasteiger partial charge in [0.1, 0.15) is 6.04 Å². The number of carbonyl (C=O) groups excluding carboxylic acids is 2. The molecule has 0 saturated carbocycles. The number of urea groups is 1. The van der Waals surface area contributed by atoms with Gasteiger partial charge in [0, 0.05) is 50.8 Å². The van der Waals surface area contributed by atoms with Crippen LogP contribution in [0.4, 0.5) is 16.2 Å². The van der Waals surface area contributed by atoms with Gasteiger partial charge >= 0.3 is 6.03 Å². The van der Waals surface area contributed by atoms with Gasteiger partial charge in [-0.25, -0.2) is 4.79 Å². The summed E-state index contributed by atoms with van der Waals surface area (Å²) in [6.45, 7) is 0.365. The minimum atomic E-state index is -0.730. The zero-order valence-electron chi connectivity index (χ0n) is 17.7. The Balaban J connectivity index is 1.62. The summed E-state index contributed by atoms with van der Waals surface area (Å²) in [7, 11) is 3.95. The van der Waals surface area contributed by atoms with Crippen LogP contribution in [0.25, 0.3) is 0 Å². The number of benzene rings is 2. The molecule has 0 saturated heterocycles. The summed E-state index contributed by atoms with van der Waals surface area (Å²) < 4.78 is 0. The van der Waals surface area contributed by atoms with Gasteiger partial charge in [-0.2, -0.15) is 0 Å². The van der Waals surface area contributed by atoms with E-state index in [-0.39, 0.29) is 5.91 Å².